The fraction of sp³-hybridized carbons (Fsp3) is 0.444. The summed E-state index contributed by atoms with van der Waals surface area (Å²) in [5.74, 6) is 0.988. The summed E-state index contributed by atoms with van der Waals surface area (Å²) in [5, 5.41) is 2.89. The number of hydrogen-bond donors (Lipinski definition) is 2. The predicted octanol–water partition coefficient (Wildman–Crippen LogP) is 2.46. The number of nitrogens with one attached hydrogen (secondary N) is 2. The molecule has 1 saturated heterocycles. The maximum atomic E-state index is 12.5. The van der Waals surface area contributed by atoms with Gasteiger partial charge in [-0.1, -0.05) is 12.1 Å². The molecule has 2 aromatic rings. The van der Waals surface area contributed by atoms with Crippen LogP contribution in [-0.4, -0.2) is 60.0 Å². The number of carbonyl (C=O) groups excluding carboxylic acids is 1. The average molecular weight is 364 g/mol. The summed E-state index contributed by atoms with van der Waals surface area (Å²) < 4.78 is 30.1. The van der Waals surface area contributed by atoms with E-state index in [0.29, 0.717) is 42.5 Å². The summed E-state index contributed by atoms with van der Waals surface area (Å²) in [6.45, 7) is 2.52. The van der Waals surface area contributed by atoms with Gasteiger partial charge in [0.1, 0.15) is 17.3 Å². The van der Waals surface area contributed by atoms with Crippen LogP contribution in [0.25, 0.3) is 11.4 Å². The number of amides is 1. The molecule has 1 atom stereocenters. The number of aromatic amines is 1. The molecule has 140 valence electrons. The molecule has 26 heavy (non-hydrogen) atoms. The number of aryl methyl sites for hydroxylation is 1. The van der Waals surface area contributed by atoms with E-state index in [1.54, 1.807) is 18.9 Å². The number of aromatic nitrogens is 2. The van der Waals surface area contributed by atoms with Crippen molar-refractivity contribution < 1.29 is 18.3 Å². The fourth-order valence-electron chi connectivity index (χ4n) is 3.15. The van der Waals surface area contributed by atoms with Crippen LogP contribution in [0.15, 0.2) is 24.3 Å². The Morgan fingerprint density at radius 2 is 2.31 bits per heavy atom. The minimum atomic E-state index is -2.36. The highest BCUT2D eigenvalue weighted by atomic mass is 19.3. The van der Waals surface area contributed by atoms with Crippen molar-refractivity contribution in [2.75, 3.05) is 26.7 Å². The Labute approximate surface area is 150 Å². The Kier molecular flexibility index (Phi) is 5.51. The molecular weight excluding hydrogens is 342 g/mol. The number of alkyl halides is 2. The number of hydrogen-bond acceptors (Lipinski definition) is 4. The van der Waals surface area contributed by atoms with Crippen molar-refractivity contribution in [3.05, 3.63) is 35.7 Å². The van der Waals surface area contributed by atoms with Gasteiger partial charge in [-0.25, -0.2) is 13.8 Å². The Hall–Kier alpha value is -2.48. The van der Waals surface area contributed by atoms with Crippen LogP contribution in [0, 0.1) is 6.92 Å². The van der Waals surface area contributed by atoms with Crippen LogP contribution in [0.5, 0.6) is 5.75 Å². The highest BCUT2D eigenvalue weighted by Crippen LogP contribution is 2.23. The number of halogens is 2. The van der Waals surface area contributed by atoms with Crippen LogP contribution in [0.1, 0.15) is 22.6 Å². The standard InChI is InChI=1S/C18H22F2N4O2/c1-11-16(18(25)22-13-6-7-24(9-13)10-15(19)20)23-17(21-11)12-4-3-5-14(8-12)26-2/h3-5,8,13,15H,6-7,9-10H2,1-2H3,(H,21,23)(H,22,25). The normalized spacial score (nSPS) is 17.7. The van der Waals surface area contributed by atoms with Gasteiger partial charge in [-0.15, -0.1) is 0 Å². The molecule has 2 N–H and O–H groups in total. The molecule has 0 bridgehead atoms. The van der Waals surface area contributed by atoms with Gasteiger partial charge in [-0.2, -0.15) is 0 Å². The second kappa shape index (κ2) is 7.82. The van der Waals surface area contributed by atoms with Crippen molar-refractivity contribution in [3.8, 4) is 17.1 Å². The maximum Gasteiger partial charge on any atom is 0.272 e. The molecular formula is C18H22F2N4O2. The number of nitrogens with zero attached hydrogens (tertiary/aromatic N) is 2. The smallest absolute Gasteiger partial charge is 0.272 e. The molecule has 0 radical (unpaired) electrons. The minimum Gasteiger partial charge on any atom is -0.497 e. The largest absolute Gasteiger partial charge is 0.497 e. The zero-order valence-corrected chi connectivity index (χ0v) is 14.8. The second-order valence-electron chi connectivity index (χ2n) is 6.40. The van der Waals surface area contributed by atoms with Gasteiger partial charge in [0.05, 0.1) is 13.7 Å². The van der Waals surface area contributed by atoms with Crippen LogP contribution in [0.3, 0.4) is 0 Å². The Balaban J connectivity index is 1.68. The van der Waals surface area contributed by atoms with Crippen molar-refractivity contribution in [1.82, 2.24) is 20.2 Å². The number of ether oxygens (including phenoxy) is 1. The van der Waals surface area contributed by atoms with E-state index in [1.165, 1.54) is 0 Å². The minimum absolute atomic E-state index is 0.141. The lowest BCUT2D eigenvalue weighted by atomic mass is 10.2. The number of rotatable bonds is 6. The van der Waals surface area contributed by atoms with E-state index in [1.807, 2.05) is 24.3 Å². The van der Waals surface area contributed by atoms with Gasteiger partial charge in [-0.3, -0.25) is 9.69 Å². The molecule has 1 fully saturated rings. The van der Waals surface area contributed by atoms with Gasteiger partial charge in [-0.05, 0) is 25.5 Å². The van der Waals surface area contributed by atoms with Gasteiger partial charge in [0.25, 0.3) is 12.3 Å². The third-order valence-corrected chi connectivity index (χ3v) is 4.45. The first-order valence-electron chi connectivity index (χ1n) is 8.48. The van der Waals surface area contributed by atoms with E-state index < -0.39 is 6.43 Å². The lowest BCUT2D eigenvalue weighted by Crippen LogP contribution is -2.38. The topological polar surface area (TPSA) is 70.2 Å². The molecule has 1 aromatic heterocycles. The zero-order chi connectivity index (χ0) is 18.7. The molecule has 1 unspecified atom stereocenters. The second-order valence-corrected chi connectivity index (χ2v) is 6.40. The van der Waals surface area contributed by atoms with E-state index >= 15 is 0 Å². The van der Waals surface area contributed by atoms with Gasteiger partial charge in [0.2, 0.25) is 0 Å². The Morgan fingerprint density at radius 3 is 3.04 bits per heavy atom. The first-order chi connectivity index (χ1) is 12.5. The SMILES string of the molecule is COc1cccc(-c2nc(C(=O)NC3CCN(CC(F)F)C3)c(C)[nH]2)c1. The number of methoxy groups -OCH3 is 1. The van der Waals surface area contributed by atoms with Crippen LogP contribution >= 0.6 is 0 Å². The van der Waals surface area contributed by atoms with E-state index in [0.717, 1.165) is 5.56 Å². The Morgan fingerprint density at radius 1 is 1.50 bits per heavy atom. The van der Waals surface area contributed by atoms with Crippen molar-refractivity contribution in [2.45, 2.75) is 25.8 Å². The van der Waals surface area contributed by atoms with Crippen LogP contribution < -0.4 is 10.1 Å². The van der Waals surface area contributed by atoms with Crippen LogP contribution in [0.2, 0.25) is 0 Å². The lowest BCUT2D eigenvalue weighted by Gasteiger charge is -2.15. The molecule has 0 saturated carbocycles. The summed E-state index contributed by atoms with van der Waals surface area (Å²) in [6.07, 6.45) is -1.70. The number of carbonyl (C=O) groups is 1. The van der Waals surface area contributed by atoms with Gasteiger partial charge < -0.3 is 15.0 Å². The third kappa shape index (κ3) is 4.19. The van der Waals surface area contributed by atoms with Gasteiger partial charge in [0, 0.05) is 30.4 Å². The molecule has 0 spiro atoms. The van der Waals surface area contributed by atoms with Crippen LogP contribution in [-0.2, 0) is 0 Å². The third-order valence-electron chi connectivity index (χ3n) is 4.45. The summed E-state index contributed by atoms with van der Waals surface area (Å²) in [4.78, 5) is 21.7. The number of H-pyrrole nitrogens is 1. The monoisotopic (exact) mass is 364 g/mol. The van der Waals surface area contributed by atoms with Crippen molar-refractivity contribution in [3.63, 3.8) is 0 Å². The maximum absolute atomic E-state index is 12.5. The zero-order valence-electron chi connectivity index (χ0n) is 14.8. The fourth-order valence-corrected chi connectivity index (χ4v) is 3.15. The number of likely N-dealkylation sites (tertiary alicyclic amines) is 1. The molecule has 0 aliphatic carbocycles. The summed E-state index contributed by atoms with van der Waals surface area (Å²) in [5.41, 5.74) is 1.79. The summed E-state index contributed by atoms with van der Waals surface area (Å²) >= 11 is 0. The molecule has 6 nitrogen and oxygen atoms in total. The van der Waals surface area contributed by atoms with Gasteiger partial charge in [0.15, 0.2) is 0 Å². The molecule has 2 heterocycles. The number of imidazole rings is 1. The molecule has 1 amide bonds. The van der Waals surface area contributed by atoms with Crippen molar-refractivity contribution in [1.29, 1.82) is 0 Å². The van der Waals surface area contributed by atoms with E-state index in [9.17, 15) is 13.6 Å². The van der Waals surface area contributed by atoms with Crippen molar-refractivity contribution >= 4 is 5.91 Å². The molecule has 1 aliphatic heterocycles. The van der Waals surface area contributed by atoms with Gasteiger partial charge >= 0.3 is 0 Å². The first kappa shape index (κ1) is 18.3. The quantitative estimate of drug-likeness (QED) is 0.826. The average Bonchev–Trinajstić information content (AvgIpc) is 3.20. The first-order valence-corrected chi connectivity index (χ1v) is 8.48. The van der Waals surface area contributed by atoms with Crippen molar-refractivity contribution in [2.24, 2.45) is 0 Å². The molecule has 1 aliphatic rings. The molecule has 8 heteroatoms. The van der Waals surface area contributed by atoms with E-state index in [-0.39, 0.29) is 18.5 Å². The van der Waals surface area contributed by atoms with E-state index in [2.05, 4.69) is 15.3 Å². The summed E-state index contributed by atoms with van der Waals surface area (Å²) in [6, 6.07) is 7.25. The summed E-state index contributed by atoms with van der Waals surface area (Å²) in [7, 11) is 1.59. The Bertz CT molecular complexity index is 778. The highest BCUT2D eigenvalue weighted by molar-refractivity contribution is 5.94. The lowest BCUT2D eigenvalue weighted by molar-refractivity contribution is 0.0914. The van der Waals surface area contributed by atoms with E-state index in [4.69, 9.17) is 4.74 Å². The molecule has 1 aromatic carbocycles. The molecule has 3 rings (SSSR count). The van der Waals surface area contributed by atoms with Crippen LogP contribution in [0.4, 0.5) is 8.78 Å². The number of benzene rings is 1. The predicted molar refractivity (Wildman–Crippen MR) is 93.6 cm³/mol. The highest BCUT2D eigenvalue weighted by Gasteiger charge is 2.27.